The Morgan fingerprint density at radius 3 is 2.58 bits per heavy atom. The van der Waals surface area contributed by atoms with Gasteiger partial charge in [0, 0.05) is 6.20 Å². The Hall–Kier alpha value is -2.68. The van der Waals surface area contributed by atoms with E-state index in [2.05, 4.69) is 5.10 Å². The molecule has 0 unspecified atom stereocenters. The highest BCUT2D eigenvalue weighted by Crippen LogP contribution is 2.38. The number of carbonyl (C=O) groups is 2. The lowest BCUT2D eigenvalue weighted by Gasteiger charge is -2.04. The third-order valence-corrected chi connectivity index (χ3v) is 5.09. The fourth-order valence-electron chi connectivity index (χ4n) is 2.37. The Balaban J connectivity index is 1.67. The second kappa shape index (κ2) is 6.08. The number of carboxylic acid groups (broad SMARTS) is 1. The molecule has 1 aliphatic carbocycles. The van der Waals surface area contributed by atoms with Crippen molar-refractivity contribution >= 4 is 21.9 Å². The first-order valence-corrected chi connectivity index (χ1v) is 8.71. The summed E-state index contributed by atoms with van der Waals surface area (Å²) >= 11 is 0. The van der Waals surface area contributed by atoms with Gasteiger partial charge in [-0.15, -0.1) is 0 Å². The highest BCUT2D eigenvalue weighted by Gasteiger charge is 2.49. The zero-order valence-electron chi connectivity index (χ0n) is 12.5. The molecule has 2 N–H and O–H groups in total. The molecule has 0 spiro atoms. The SMILES string of the molecule is O=C(O)[C@@H]1C[C@H]1C(=O)NS(=O)(=O)c1cnn(Cc2ccccc2)c1. The second-order valence-corrected chi connectivity index (χ2v) is 7.30. The van der Waals surface area contributed by atoms with Crippen LogP contribution in [-0.4, -0.2) is 35.2 Å². The van der Waals surface area contributed by atoms with Crippen molar-refractivity contribution in [1.82, 2.24) is 14.5 Å². The van der Waals surface area contributed by atoms with Crippen LogP contribution in [0, 0.1) is 11.8 Å². The Labute approximate surface area is 138 Å². The van der Waals surface area contributed by atoms with Gasteiger partial charge in [-0.05, 0) is 12.0 Å². The molecule has 0 saturated heterocycles. The monoisotopic (exact) mass is 349 g/mol. The van der Waals surface area contributed by atoms with E-state index in [1.807, 2.05) is 35.1 Å². The average Bonchev–Trinajstić information content (AvgIpc) is 3.21. The molecule has 126 valence electrons. The van der Waals surface area contributed by atoms with Gasteiger partial charge in [0.1, 0.15) is 4.90 Å². The summed E-state index contributed by atoms with van der Waals surface area (Å²) in [5.74, 6) is -3.49. The van der Waals surface area contributed by atoms with Crippen molar-refractivity contribution in [2.75, 3.05) is 0 Å². The molecular formula is C15H15N3O5S. The number of carbonyl (C=O) groups excluding carboxylic acids is 1. The molecular weight excluding hydrogens is 334 g/mol. The predicted molar refractivity (Wildman–Crippen MR) is 82.3 cm³/mol. The topological polar surface area (TPSA) is 118 Å². The first kappa shape index (κ1) is 16.2. The normalized spacial score (nSPS) is 19.7. The Morgan fingerprint density at radius 1 is 1.25 bits per heavy atom. The van der Waals surface area contributed by atoms with E-state index in [0.29, 0.717) is 6.54 Å². The van der Waals surface area contributed by atoms with Crippen LogP contribution < -0.4 is 4.72 Å². The van der Waals surface area contributed by atoms with Gasteiger partial charge in [0.2, 0.25) is 5.91 Å². The van der Waals surface area contributed by atoms with Gasteiger partial charge in [-0.1, -0.05) is 30.3 Å². The van der Waals surface area contributed by atoms with Crippen LogP contribution in [0.5, 0.6) is 0 Å². The van der Waals surface area contributed by atoms with E-state index in [4.69, 9.17) is 5.11 Å². The summed E-state index contributed by atoms with van der Waals surface area (Å²) in [6.07, 6.45) is 2.63. The van der Waals surface area contributed by atoms with Gasteiger partial charge in [-0.2, -0.15) is 5.10 Å². The molecule has 2 aromatic rings. The van der Waals surface area contributed by atoms with E-state index < -0.39 is 33.7 Å². The first-order chi connectivity index (χ1) is 11.4. The van der Waals surface area contributed by atoms with Crippen LogP contribution in [0.1, 0.15) is 12.0 Å². The molecule has 3 rings (SSSR count). The van der Waals surface area contributed by atoms with E-state index in [-0.39, 0.29) is 11.3 Å². The number of aromatic nitrogens is 2. The van der Waals surface area contributed by atoms with E-state index >= 15 is 0 Å². The zero-order chi connectivity index (χ0) is 17.3. The van der Waals surface area contributed by atoms with Gasteiger partial charge in [0.25, 0.3) is 10.0 Å². The summed E-state index contributed by atoms with van der Waals surface area (Å²) in [5, 5.41) is 12.8. The summed E-state index contributed by atoms with van der Waals surface area (Å²) in [7, 11) is -4.06. The quantitative estimate of drug-likeness (QED) is 0.782. The van der Waals surface area contributed by atoms with E-state index in [9.17, 15) is 18.0 Å². The van der Waals surface area contributed by atoms with Crippen molar-refractivity contribution in [3.63, 3.8) is 0 Å². The average molecular weight is 349 g/mol. The Morgan fingerprint density at radius 2 is 1.96 bits per heavy atom. The minimum Gasteiger partial charge on any atom is -0.481 e. The summed E-state index contributed by atoms with van der Waals surface area (Å²) in [5.41, 5.74) is 0.955. The van der Waals surface area contributed by atoms with Crippen LogP contribution in [0.15, 0.2) is 47.6 Å². The maximum atomic E-state index is 12.2. The largest absolute Gasteiger partial charge is 0.481 e. The van der Waals surface area contributed by atoms with E-state index in [1.54, 1.807) is 0 Å². The van der Waals surface area contributed by atoms with Gasteiger partial charge in [-0.25, -0.2) is 13.1 Å². The van der Waals surface area contributed by atoms with Crippen molar-refractivity contribution in [1.29, 1.82) is 0 Å². The molecule has 1 fully saturated rings. The van der Waals surface area contributed by atoms with Crippen LogP contribution in [0.3, 0.4) is 0 Å². The van der Waals surface area contributed by atoms with Crippen LogP contribution in [0.25, 0.3) is 0 Å². The van der Waals surface area contributed by atoms with Gasteiger partial charge < -0.3 is 5.11 Å². The van der Waals surface area contributed by atoms with Crippen LogP contribution in [-0.2, 0) is 26.2 Å². The van der Waals surface area contributed by atoms with Crippen molar-refractivity contribution in [2.45, 2.75) is 17.9 Å². The van der Waals surface area contributed by atoms with Crippen molar-refractivity contribution in [2.24, 2.45) is 11.8 Å². The summed E-state index contributed by atoms with van der Waals surface area (Å²) in [6, 6.07) is 9.38. The van der Waals surface area contributed by atoms with Crippen molar-refractivity contribution in [3.8, 4) is 0 Å². The van der Waals surface area contributed by atoms with Crippen molar-refractivity contribution in [3.05, 3.63) is 48.3 Å². The molecule has 1 aromatic carbocycles. The minimum absolute atomic E-state index is 0.140. The number of amides is 1. The molecule has 0 radical (unpaired) electrons. The molecule has 0 bridgehead atoms. The third kappa shape index (κ3) is 3.46. The smallest absolute Gasteiger partial charge is 0.307 e. The summed E-state index contributed by atoms with van der Waals surface area (Å²) < 4.78 is 27.7. The highest BCUT2D eigenvalue weighted by atomic mass is 32.2. The number of hydrogen-bond acceptors (Lipinski definition) is 5. The lowest BCUT2D eigenvalue weighted by molar-refractivity contribution is -0.140. The number of nitrogens with one attached hydrogen (secondary N) is 1. The standard InChI is InChI=1S/C15H15N3O5S/c19-14(12-6-13(12)15(20)21)17-24(22,23)11-7-16-18(9-11)8-10-4-2-1-3-5-10/h1-5,7,9,12-13H,6,8H2,(H,17,19)(H,20,21)/t12-,13-/m1/s1. The lowest BCUT2D eigenvalue weighted by Crippen LogP contribution is -2.32. The molecule has 9 heteroatoms. The molecule has 1 amide bonds. The highest BCUT2D eigenvalue weighted by molar-refractivity contribution is 7.90. The zero-order valence-corrected chi connectivity index (χ0v) is 13.3. The molecule has 1 aromatic heterocycles. The molecule has 8 nitrogen and oxygen atoms in total. The third-order valence-electron chi connectivity index (χ3n) is 3.79. The molecule has 0 aliphatic heterocycles. The first-order valence-electron chi connectivity index (χ1n) is 7.22. The van der Waals surface area contributed by atoms with Gasteiger partial charge >= 0.3 is 5.97 Å². The van der Waals surface area contributed by atoms with Gasteiger partial charge in [0.05, 0.1) is 24.6 Å². The number of benzene rings is 1. The van der Waals surface area contributed by atoms with Gasteiger partial charge in [0.15, 0.2) is 0 Å². The fraction of sp³-hybridized carbons (Fsp3) is 0.267. The van der Waals surface area contributed by atoms with Gasteiger partial charge in [-0.3, -0.25) is 14.3 Å². The summed E-state index contributed by atoms with van der Waals surface area (Å²) in [4.78, 5) is 22.4. The van der Waals surface area contributed by atoms with Crippen LogP contribution in [0.2, 0.25) is 0 Å². The number of aliphatic carboxylic acids is 1. The Kier molecular flexibility index (Phi) is 4.10. The number of sulfonamides is 1. The molecule has 1 heterocycles. The molecule has 1 aliphatic rings. The Bertz CT molecular complexity index is 876. The predicted octanol–water partition coefficient (Wildman–Crippen LogP) is 0.457. The lowest BCUT2D eigenvalue weighted by atomic mass is 10.2. The maximum Gasteiger partial charge on any atom is 0.307 e. The van der Waals surface area contributed by atoms with Crippen LogP contribution >= 0.6 is 0 Å². The number of carboxylic acids is 1. The summed E-state index contributed by atoms with van der Waals surface area (Å²) in [6.45, 7) is 0.397. The molecule has 2 atom stereocenters. The second-order valence-electron chi connectivity index (χ2n) is 5.62. The number of nitrogens with zero attached hydrogens (tertiary/aromatic N) is 2. The minimum atomic E-state index is -4.06. The van der Waals surface area contributed by atoms with E-state index in [1.165, 1.54) is 10.9 Å². The maximum absolute atomic E-state index is 12.2. The van der Waals surface area contributed by atoms with Crippen molar-refractivity contribution < 1.29 is 23.1 Å². The molecule has 1 saturated carbocycles. The van der Waals surface area contributed by atoms with E-state index in [0.717, 1.165) is 11.8 Å². The fourth-order valence-corrected chi connectivity index (χ4v) is 3.35. The van der Waals surface area contributed by atoms with Crippen LogP contribution in [0.4, 0.5) is 0 Å². The molecule has 24 heavy (non-hydrogen) atoms. The number of hydrogen-bond donors (Lipinski definition) is 2. The number of rotatable bonds is 6.